The van der Waals surface area contributed by atoms with Gasteiger partial charge in [-0.2, -0.15) is 0 Å². The molecule has 2 N–H and O–H groups in total. The third kappa shape index (κ3) is 2.89. The predicted molar refractivity (Wildman–Crippen MR) is 86.1 cm³/mol. The molecule has 23 heavy (non-hydrogen) atoms. The van der Waals surface area contributed by atoms with Crippen LogP contribution in [-0.4, -0.2) is 6.54 Å². The van der Waals surface area contributed by atoms with Crippen molar-refractivity contribution in [2.24, 2.45) is 0 Å². The fourth-order valence-electron chi connectivity index (χ4n) is 3.74. The predicted octanol–water partition coefficient (Wildman–Crippen LogP) is 3.39. The maximum atomic E-state index is 13.8. The van der Waals surface area contributed by atoms with Gasteiger partial charge in [-0.15, -0.1) is 0 Å². The number of halogens is 2. The average Bonchev–Trinajstić information content (AvgIpc) is 2.96. The van der Waals surface area contributed by atoms with Crippen LogP contribution in [0.4, 0.5) is 8.78 Å². The largest absolute Gasteiger partial charge is 0.312 e. The van der Waals surface area contributed by atoms with Gasteiger partial charge in [-0.1, -0.05) is 18.2 Å². The van der Waals surface area contributed by atoms with Crippen LogP contribution in [0.5, 0.6) is 0 Å². The quantitative estimate of drug-likeness (QED) is 0.907. The van der Waals surface area contributed by atoms with Crippen LogP contribution < -0.4 is 10.6 Å². The zero-order valence-electron chi connectivity index (χ0n) is 13.0. The summed E-state index contributed by atoms with van der Waals surface area (Å²) in [5.74, 6) is -0.901. The molecule has 0 spiro atoms. The molecule has 1 heterocycles. The van der Waals surface area contributed by atoms with Crippen molar-refractivity contribution in [1.29, 1.82) is 0 Å². The molecule has 0 fully saturated rings. The first-order valence-corrected chi connectivity index (χ1v) is 8.23. The normalized spacial score (nSPS) is 19.5. The highest BCUT2D eigenvalue weighted by Crippen LogP contribution is 2.33. The molecule has 2 aromatic rings. The maximum absolute atomic E-state index is 13.8. The summed E-state index contributed by atoms with van der Waals surface area (Å²) in [7, 11) is 0. The van der Waals surface area contributed by atoms with E-state index in [0.717, 1.165) is 44.1 Å². The van der Waals surface area contributed by atoms with Crippen LogP contribution in [-0.2, 0) is 25.9 Å². The minimum absolute atomic E-state index is 0.0351. The van der Waals surface area contributed by atoms with Gasteiger partial charge in [0.05, 0.1) is 0 Å². The minimum atomic E-state index is -0.490. The van der Waals surface area contributed by atoms with E-state index in [4.69, 9.17) is 0 Å². The van der Waals surface area contributed by atoms with E-state index < -0.39 is 11.6 Å². The molecule has 2 aromatic carbocycles. The lowest BCUT2D eigenvalue weighted by Crippen LogP contribution is -2.24. The Hall–Kier alpha value is -1.78. The number of hydrogen-bond donors (Lipinski definition) is 2. The highest BCUT2D eigenvalue weighted by atomic mass is 19.1. The fraction of sp³-hybridized carbons (Fsp3) is 0.368. The van der Waals surface area contributed by atoms with Gasteiger partial charge in [0.25, 0.3) is 0 Å². The fourth-order valence-corrected chi connectivity index (χ4v) is 3.74. The number of hydrogen-bond acceptors (Lipinski definition) is 2. The molecule has 1 aliphatic heterocycles. The molecule has 120 valence electrons. The van der Waals surface area contributed by atoms with E-state index in [-0.39, 0.29) is 6.04 Å². The Morgan fingerprint density at radius 2 is 2.00 bits per heavy atom. The number of nitrogens with one attached hydrogen (secondary N) is 2. The van der Waals surface area contributed by atoms with E-state index in [2.05, 4.69) is 28.8 Å². The van der Waals surface area contributed by atoms with Crippen LogP contribution >= 0.6 is 0 Å². The third-order valence-electron chi connectivity index (χ3n) is 4.96. The van der Waals surface area contributed by atoms with E-state index >= 15 is 0 Å². The van der Waals surface area contributed by atoms with Gasteiger partial charge < -0.3 is 10.6 Å². The van der Waals surface area contributed by atoms with Gasteiger partial charge >= 0.3 is 0 Å². The Balaban J connectivity index is 1.49. The van der Waals surface area contributed by atoms with Crippen molar-refractivity contribution in [3.63, 3.8) is 0 Å². The van der Waals surface area contributed by atoms with E-state index in [9.17, 15) is 8.78 Å². The topological polar surface area (TPSA) is 24.1 Å². The second-order valence-electron chi connectivity index (χ2n) is 6.46. The van der Waals surface area contributed by atoms with Crippen molar-refractivity contribution in [3.8, 4) is 0 Å². The Kier molecular flexibility index (Phi) is 3.87. The van der Waals surface area contributed by atoms with Crippen LogP contribution in [0.1, 0.15) is 40.3 Å². The molecular formula is C19H20F2N2. The summed E-state index contributed by atoms with van der Waals surface area (Å²) in [5.41, 5.74) is 5.46. The van der Waals surface area contributed by atoms with Gasteiger partial charge in [0.15, 0.2) is 0 Å². The van der Waals surface area contributed by atoms with Gasteiger partial charge in [-0.05, 0) is 59.7 Å². The molecule has 1 atom stereocenters. The van der Waals surface area contributed by atoms with Crippen molar-refractivity contribution in [3.05, 3.63) is 69.8 Å². The second-order valence-corrected chi connectivity index (χ2v) is 6.46. The van der Waals surface area contributed by atoms with Crippen molar-refractivity contribution in [2.75, 3.05) is 6.54 Å². The van der Waals surface area contributed by atoms with Crippen molar-refractivity contribution in [2.45, 2.75) is 38.4 Å². The van der Waals surface area contributed by atoms with Gasteiger partial charge in [0.2, 0.25) is 0 Å². The Labute approximate surface area is 134 Å². The Morgan fingerprint density at radius 3 is 2.91 bits per heavy atom. The van der Waals surface area contributed by atoms with Crippen LogP contribution in [0.2, 0.25) is 0 Å². The lowest BCUT2D eigenvalue weighted by atomic mass is 9.98. The standard InChI is InChI=1S/C19H20F2N2/c20-15-8-17-16(18(21)9-15)3-4-19(17)23-10-12-1-2-14-11-22-6-5-13(14)7-12/h1-2,7-9,19,22-23H,3-6,10-11H2. The minimum Gasteiger partial charge on any atom is -0.312 e. The summed E-state index contributed by atoms with van der Waals surface area (Å²) < 4.78 is 27.3. The number of rotatable bonds is 3. The smallest absolute Gasteiger partial charge is 0.129 e. The summed E-state index contributed by atoms with van der Waals surface area (Å²) in [6.07, 6.45) is 2.56. The highest BCUT2D eigenvalue weighted by Gasteiger charge is 2.25. The van der Waals surface area contributed by atoms with E-state index in [0.29, 0.717) is 12.0 Å². The molecule has 4 rings (SSSR count). The van der Waals surface area contributed by atoms with E-state index in [1.54, 1.807) is 0 Å². The summed E-state index contributed by atoms with van der Waals surface area (Å²) in [6, 6.07) is 9.07. The average molecular weight is 314 g/mol. The van der Waals surface area contributed by atoms with Crippen LogP contribution in [0.25, 0.3) is 0 Å². The molecule has 0 aromatic heterocycles. The van der Waals surface area contributed by atoms with Crippen molar-refractivity contribution in [1.82, 2.24) is 10.6 Å². The van der Waals surface area contributed by atoms with E-state index in [1.807, 2.05) is 0 Å². The second kappa shape index (κ2) is 6.02. The highest BCUT2D eigenvalue weighted by molar-refractivity contribution is 5.37. The first-order chi connectivity index (χ1) is 11.2. The Bertz CT molecular complexity index is 742. The third-order valence-corrected chi connectivity index (χ3v) is 4.96. The molecule has 0 radical (unpaired) electrons. The zero-order chi connectivity index (χ0) is 15.8. The number of fused-ring (bicyclic) bond motifs is 2. The van der Waals surface area contributed by atoms with Crippen molar-refractivity contribution < 1.29 is 8.78 Å². The Morgan fingerprint density at radius 1 is 1.09 bits per heavy atom. The van der Waals surface area contributed by atoms with E-state index in [1.165, 1.54) is 22.8 Å². The van der Waals surface area contributed by atoms with Gasteiger partial charge in [0.1, 0.15) is 11.6 Å². The van der Waals surface area contributed by atoms with Crippen LogP contribution in [0.15, 0.2) is 30.3 Å². The first kappa shape index (κ1) is 14.8. The lowest BCUT2D eigenvalue weighted by Gasteiger charge is -2.19. The summed E-state index contributed by atoms with van der Waals surface area (Å²) in [6.45, 7) is 2.69. The van der Waals surface area contributed by atoms with Gasteiger partial charge in [-0.3, -0.25) is 0 Å². The molecular weight excluding hydrogens is 294 g/mol. The summed E-state index contributed by atoms with van der Waals surface area (Å²) >= 11 is 0. The number of benzene rings is 2. The summed E-state index contributed by atoms with van der Waals surface area (Å²) in [4.78, 5) is 0. The molecule has 1 unspecified atom stereocenters. The monoisotopic (exact) mass is 314 g/mol. The lowest BCUT2D eigenvalue weighted by molar-refractivity contribution is 0.526. The SMILES string of the molecule is Fc1cc(F)c2c(c1)C(NCc1ccc3c(c1)CCNC3)CC2. The molecule has 0 amide bonds. The first-order valence-electron chi connectivity index (χ1n) is 8.23. The zero-order valence-corrected chi connectivity index (χ0v) is 13.0. The molecule has 2 aliphatic rings. The molecule has 0 bridgehead atoms. The van der Waals surface area contributed by atoms with Gasteiger partial charge in [0, 0.05) is 25.2 Å². The maximum Gasteiger partial charge on any atom is 0.129 e. The molecule has 1 aliphatic carbocycles. The molecule has 0 saturated heterocycles. The van der Waals surface area contributed by atoms with Crippen molar-refractivity contribution >= 4 is 0 Å². The molecule has 2 nitrogen and oxygen atoms in total. The van der Waals surface area contributed by atoms with Crippen LogP contribution in [0.3, 0.4) is 0 Å². The molecule has 4 heteroatoms. The van der Waals surface area contributed by atoms with Crippen LogP contribution in [0, 0.1) is 11.6 Å². The summed E-state index contributed by atoms with van der Waals surface area (Å²) in [5, 5.41) is 6.84. The van der Waals surface area contributed by atoms with Gasteiger partial charge in [-0.25, -0.2) is 8.78 Å². The molecule has 0 saturated carbocycles.